The molecule has 184 valence electrons. The first-order valence-corrected chi connectivity index (χ1v) is 12.3. The predicted octanol–water partition coefficient (Wildman–Crippen LogP) is 3.29. The van der Waals surface area contributed by atoms with Gasteiger partial charge in [0.2, 0.25) is 11.8 Å². The van der Waals surface area contributed by atoms with Gasteiger partial charge in [-0.1, -0.05) is 40.7 Å². The Balaban J connectivity index is 3.18. The van der Waals surface area contributed by atoms with Crippen LogP contribution in [0, 0.1) is 11.3 Å². The molecular weight excluding hydrogens is 426 g/mol. The molecule has 32 heavy (non-hydrogen) atoms. The lowest BCUT2D eigenvalue weighted by Gasteiger charge is -2.39. The molecule has 1 fully saturated rings. The molecule has 0 aliphatic carbocycles. The summed E-state index contributed by atoms with van der Waals surface area (Å²) in [6.07, 6.45) is 1.78. The first-order chi connectivity index (χ1) is 14.5. The largest absolute Gasteiger partial charge is 0.463 e. The second-order valence-electron chi connectivity index (χ2n) is 10.6. The summed E-state index contributed by atoms with van der Waals surface area (Å²) in [6, 6.07) is -1.33. The van der Waals surface area contributed by atoms with Crippen LogP contribution in [-0.2, 0) is 19.1 Å². The second kappa shape index (κ2) is 11.1. The minimum absolute atomic E-state index is 0.0703. The van der Waals surface area contributed by atoms with E-state index in [4.69, 9.17) is 4.74 Å². The van der Waals surface area contributed by atoms with E-state index in [1.807, 2.05) is 46.6 Å². The second-order valence-corrected chi connectivity index (χ2v) is 12.2. The zero-order chi connectivity index (χ0) is 25.0. The Morgan fingerprint density at radius 2 is 1.84 bits per heavy atom. The summed E-state index contributed by atoms with van der Waals surface area (Å²) in [5.74, 6) is 0.142. The Morgan fingerprint density at radius 1 is 1.28 bits per heavy atom. The van der Waals surface area contributed by atoms with Crippen LogP contribution >= 0.6 is 11.8 Å². The van der Waals surface area contributed by atoms with E-state index < -0.39 is 11.5 Å². The molecule has 0 saturated carbocycles. The Kier molecular flexibility index (Phi) is 9.84. The van der Waals surface area contributed by atoms with E-state index in [0.29, 0.717) is 12.2 Å². The highest BCUT2D eigenvalue weighted by Gasteiger charge is 2.46. The van der Waals surface area contributed by atoms with Crippen molar-refractivity contribution in [1.82, 2.24) is 15.1 Å². The molecule has 2 amide bonds. The van der Waals surface area contributed by atoms with Gasteiger partial charge in [-0.3, -0.25) is 14.5 Å². The number of carbonyl (C=O) groups is 3. The van der Waals surface area contributed by atoms with Crippen LogP contribution in [0.4, 0.5) is 0 Å². The summed E-state index contributed by atoms with van der Waals surface area (Å²) >= 11 is 1.73. The number of esters is 1. The van der Waals surface area contributed by atoms with Crippen molar-refractivity contribution in [2.75, 3.05) is 26.6 Å². The highest BCUT2D eigenvalue weighted by molar-refractivity contribution is 8.00. The standard InChI is InChI=1S/C24H43N3O4S/c1-12-31-22(30)16(4)13-17(15(2)3)27(11)21(29)18(23(5,6)7)25-20(28)19-24(8,9)32-14-26(19)10/h13,15,17-19H,12,14H2,1-11H3,(H,25,28)/t17-,18-,19?/m1/s1. The number of likely N-dealkylation sites (N-methyl/N-ethyl adjacent to an activating group) is 2. The molecule has 1 rings (SSSR count). The number of hydrogen-bond donors (Lipinski definition) is 1. The third kappa shape index (κ3) is 6.98. The lowest BCUT2D eigenvalue weighted by molar-refractivity contribution is -0.141. The van der Waals surface area contributed by atoms with Crippen LogP contribution in [0.2, 0.25) is 0 Å². The summed E-state index contributed by atoms with van der Waals surface area (Å²) in [5.41, 5.74) is -0.0235. The molecule has 7 nitrogen and oxygen atoms in total. The zero-order valence-corrected chi connectivity index (χ0v) is 22.6. The van der Waals surface area contributed by atoms with E-state index in [1.165, 1.54) is 0 Å². The number of nitrogens with one attached hydrogen (secondary N) is 1. The fourth-order valence-electron chi connectivity index (χ4n) is 4.01. The molecule has 1 saturated heterocycles. The van der Waals surface area contributed by atoms with Crippen molar-refractivity contribution in [2.24, 2.45) is 11.3 Å². The van der Waals surface area contributed by atoms with Gasteiger partial charge in [0, 0.05) is 23.2 Å². The number of ether oxygens (including phenoxy) is 1. The summed E-state index contributed by atoms with van der Waals surface area (Å²) in [7, 11) is 3.66. The molecule has 0 aromatic carbocycles. The maximum absolute atomic E-state index is 13.7. The van der Waals surface area contributed by atoms with Crippen LogP contribution in [0.3, 0.4) is 0 Å². The SMILES string of the molecule is CCOC(=O)C(C)=C[C@H](C(C)C)N(C)C(=O)[C@@H](NC(=O)C1N(C)CSC1(C)C)C(C)(C)C. The number of amides is 2. The van der Waals surface area contributed by atoms with Gasteiger partial charge < -0.3 is 15.0 Å². The Labute approximate surface area is 198 Å². The van der Waals surface area contributed by atoms with Crippen molar-refractivity contribution < 1.29 is 19.1 Å². The van der Waals surface area contributed by atoms with Gasteiger partial charge >= 0.3 is 5.97 Å². The molecule has 1 unspecified atom stereocenters. The molecule has 0 bridgehead atoms. The quantitative estimate of drug-likeness (QED) is 0.434. The highest BCUT2D eigenvalue weighted by atomic mass is 32.2. The van der Waals surface area contributed by atoms with Crippen LogP contribution in [0.15, 0.2) is 11.6 Å². The van der Waals surface area contributed by atoms with Crippen molar-refractivity contribution in [2.45, 2.75) is 85.2 Å². The fourth-order valence-corrected chi connectivity index (χ4v) is 5.14. The molecular formula is C24H43N3O4S. The van der Waals surface area contributed by atoms with E-state index in [-0.39, 0.29) is 40.5 Å². The fraction of sp³-hybridized carbons (Fsp3) is 0.792. The Hall–Kier alpha value is -1.54. The molecule has 0 aromatic heterocycles. The first-order valence-electron chi connectivity index (χ1n) is 11.3. The van der Waals surface area contributed by atoms with Crippen LogP contribution < -0.4 is 5.32 Å². The lowest BCUT2D eigenvalue weighted by atomic mass is 9.84. The number of thioether (sulfide) groups is 1. The molecule has 0 radical (unpaired) electrons. The van der Waals surface area contributed by atoms with Crippen LogP contribution in [0.1, 0.15) is 62.3 Å². The average molecular weight is 470 g/mol. The lowest BCUT2D eigenvalue weighted by Crippen LogP contribution is -2.60. The third-order valence-electron chi connectivity index (χ3n) is 5.88. The van der Waals surface area contributed by atoms with Crippen molar-refractivity contribution >= 4 is 29.5 Å². The van der Waals surface area contributed by atoms with Crippen LogP contribution in [0.25, 0.3) is 0 Å². The van der Waals surface area contributed by atoms with Crippen molar-refractivity contribution in [1.29, 1.82) is 0 Å². The van der Waals surface area contributed by atoms with E-state index in [1.54, 1.807) is 43.6 Å². The van der Waals surface area contributed by atoms with Crippen molar-refractivity contribution in [3.8, 4) is 0 Å². The van der Waals surface area contributed by atoms with E-state index in [2.05, 4.69) is 19.2 Å². The smallest absolute Gasteiger partial charge is 0.333 e. The number of carbonyl (C=O) groups excluding carboxylic acids is 3. The maximum atomic E-state index is 13.7. The topological polar surface area (TPSA) is 79.0 Å². The average Bonchev–Trinajstić information content (AvgIpc) is 2.94. The van der Waals surface area contributed by atoms with Gasteiger partial charge in [-0.15, -0.1) is 11.8 Å². The van der Waals surface area contributed by atoms with E-state index in [9.17, 15) is 14.4 Å². The van der Waals surface area contributed by atoms with Gasteiger partial charge in [-0.2, -0.15) is 0 Å². The zero-order valence-electron chi connectivity index (χ0n) is 21.7. The molecule has 1 heterocycles. The molecule has 3 atom stereocenters. The van der Waals surface area contributed by atoms with Gasteiger partial charge in [-0.05, 0) is 46.1 Å². The van der Waals surface area contributed by atoms with Crippen molar-refractivity contribution in [3.63, 3.8) is 0 Å². The number of rotatable bonds is 8. The molecule has 8 heteroatoms. The van der Waals surface area contributed by atoms with Gasteiger partial charge in [-0.25, -0.2) is 4.79 Å². The predicted molar refractivity (Wildman–Crippen MR) is 131 cm³/mol. The normalized spacial score (nSPS) is 21.2. The van der Waals surface area contributed by atoms with Gasteiger partial charge in [0.15, 0.2) is 0 Å². The summed E-state index contributed by atoms with van der Waals surface area (Å²) in [6.45, 7) is 17.7. The first kappa shape index (κ1) is 28.5. The third-order valence-corrected chi connectivity index (χ3v) is 7.39. The summed E-state index contributed by atoms with van der Waals surface area (Å²) < 4.78 is 4.85. The maximum Gasteiger partial charge on any atom is 0.333 e. The summed E-state index contributed by atoms with van der Waals surface area (Å²) in [4.78, 5) is 42.7. The highest BCUT2D eigenvalue weighted by Crippen LogP contribution is 2.38. The van der Waals surface area contributed by atoms with E-state index >= 15 is 0 Å². The van der Waals surface area contributed by atoms with Crippen molar-refractivity contribution in [3.05, 3.63) is 11.6 Å². The number of nitrogens with zero attached hydrogens (tertiary/aromatic N) is 2. The molecule has 1 aliphatic heterocycles. The minimum atomic E-state index is -0.702. The molecule has 0 aromatic rings. The number of hydrogen-bond acceptors (Lipinski definition) is 6. The van der Waals surface area contributed by atoms with Gasteiger partial charge in [0.1, 0.15) is 12.1 Å². The molecule has 0 spiro atoms. The summed E-state index contributed by atoms with van der Waals surface area (Å²) in [5, 5.41) is 3.06. The van der Waals surface area contributed by atoms with Crippen LogP contribution in [-0.4, -0.2) is 77.0 Å². The minimum Gasteiger partial charge on any atom is -0.463 e. The molecule has 1 N–H and O–H groups in total. The molecule has 1 aliphatic rings. The van der Waals surface area contributed by atoms with E-state index in [0.717, 1.165) is 5.88 Å². The van der Waals surface area contributed by atoms with Crippen LogP contribution in [0.5, 0.6) is 0 Å². The van der Waals surface area contributed by atoms with Gasteiger partial charge in [0.05, 0.1) is 12.6 Å². The van der Waals surface area contributed by atoms with Gasteiger partial charge in [0.25, 0.3) is 0 Å². The Morgan fingerprint density at radius 3 is 2.25 bits per heavy atom. The Bertz CT molecular complexity index is 727. The monoisotopic (exact) mass is 469 g/mol.